The number of nitrogens with one attached hydrogen (secondary N) is 6. The number of hydrogen-bond donors (Lipinski definition) is 6. The number of imidazole rings is 4. The first kappa shape index (κ1) is 46.0. The van der Waals surface area contributed by atoms with Crippen molar-refractivity contribution in [2.75, 3.05) is 13.2 Å². The molecule has 8 aromatic rings. The van der Waals surface area contributed by atoms with Crippen molar-refractivity contribution in [3.8, 4) is 0 Å². The number of para-hydroxylation sites is 8. The van der Waals surface area contributed by atoms with E-state index in [-0.39, 0.29) is 52.1 Å². The molecule has 1 saturated heterocycles. The van der Waals surface area contributed by atoms with E-state index in [0.29, 0.717) is 26.2 Å². The molecule has 4 aromatic heterocycles. The quantitative estimate of drug-likeness (QED) is 0.0899. The largest absolute Gasteiger partial charge is 0.341 e. The predicted molar refractivity (Wildman–Crippen MR) is 203 cm³/mol. The molecule has 0 atom stereocenters. The molecule has 282 valence electrons. The van der Waals surface area contributed by atoms with Crippen LogP contribution >= 0.6 is 30.1 Å². The van der Waals surface area contributed by atoms with Crippen LogP contribution in [0.4, 0.5) is 0 Å². The summed E-state index contributed by atoms with van der Waals surface area (Å²) < 4.78 is 4.94. The van der Waals surface area contributed by atoms with Crippen LogP contribution in [0.3, 0.4) is 0 Å². The van der Waals surface area contributed by atoms with Gasteiger partial charge in [-0.05, 0) is 61.4 Å². The Morgan fingerprint density at radius 1 is 0.463 bits per heavy atom. The first-order chi connectivity index (χ1) is 25.0. The topological polar surface area (TPSA) is 148 Å². The number of ether oxygens (including phenoxy) is 1. The van der Waals surface area contributed by atoms with E-state index in [1.165, 1.54) is 12.8 Å². The first-order valence-electron chi connectivity index (χ1n) is 16.5. The van der Waals surface area contributed by atoms with Gasteiger partial charge in [0, 0.05) is 65.3 Å². The number of aromatic amines is 4. The molecule has 18 heteroatoms. The molecule has 0 spiro atoms. The van der Waals surface area contributed by atoms with Crippen LogP contribution in [0.5, 0.6) is 0 Å². The third kappa shape index (κ3) is 14.3. The third-order valence-electron chi connectivity index (χ3n) is 7.75. The first-order valence-corrected chi connectivity index (χ1v) is 21.7. The molecule has 54 heavy (non-hydrogen) atoms. The van der Waals surface area contributed by atoms with Crippen molar-refractivity contribution >= 4 is 74.3 Å². The summed E-state index contributed by atoms with van der Waals surface area (Å²) in [6, 6.07) is 32.2. The molecule has 0 saturated carbocycles. The Balaban J connectivity index is 0.000000226. The summed E-state index contributed by atoms with van der Waals surface area (Å²) in [5, 5.41) is 6.70. The number of halogens is 3. The zero-order valence-corrected chi connectivity index (χ0v) is 36.2. The Bertz CT molecular complexity index is 1820. The van der Waals surface area contributed by atoms with Gasteiger partial charge in [0.1, 0.15) is 23.3 Å². The van der Waals surface area contributed by atoms with Gasteiger partial charge in [0.15, 0.2) is 0 Å². The van der Waals surface area contributed by atoms with Gasteiger partial charge in [-0.15, -0.1) is 0 Å². The van der Waals surface area contributed by atoms with Gasteiger partial charge in [-0.25, -0.2) is 19.9 Å². The molecular weight excluding hydrogens is 903 g/mol. The van der Waals surface area contributed by atoms with Crippen LogP contribution in [0.25, 0.3) is 44.1 Å². The van der Waals surface area contributed by atoms with Gasteiger partial charge in [0.2, 0.25) is 0 Å². The average molecular weight is 941 g/mol. The van der Waals surface area contributed by atoms with Crippen LogP contribution in [-0.2, 0) is 94.4 Å². The fourth-order valence-electron chi connectivity index (χ4n) is 5.47. The number of fused-ring (bicyclic) bond motifs is 4. The second kappa shape index (κ2) is 24.3. The predicted octanol–water partition coefficient (Wildman–Crippen LogP) is 8.31. The van der Waals surface area contributed by atoms with E-state index in [1.54, 1.807) is 0 Å². The maximum atomic E-state index is 4.94. The third-order valence-corrected chi connectivity index (χ3v) is 7.75. The van der Waals surface area contributed by atoms with Gasteiger partial charge < -0.3 is 35.3 Å². The molecule has 9 rings (SSSR count). The van der Waals surface area contributed by atoms with Crippen molar-refractivity contribution in [2.45, 2.75) is 39.0 Å². The molecule has 1 fully saturated rings. The van der Waals surface area contributed by atoms with Crippen molar-refractivity contribution in [3.05, 3.63) is 120 Å². The Kier molecular flexibility index (Phi) is 20.7. The fraction of sp³-hybridized carbons (Fsp3) is 0.222. The minimum Gasteiger partial charge on any atom is -0.341 e. The smallest absolute Gasteiger partial charge is 0.121 e. The van der Waals surface area contributed by atoms with E-state index in [0.717, 1.165) is 80.6 Å². The van der Waals surface area contributed by atoms with Gasteiger partial charge in [0.05, 0.1) is 70.3 Å². The SMILES string of the molecule is C1CCOC1.[Cl][Cr+]([Cl])[Cl].[Cr].[Cr].[Cr].c1ccc2[nH]c(CNCc3nc4ccccc4[nH]3)nc2c1.c1ccc2[nH]c(CNCc3nc4ccccc4[nH]3)nc2c1. The van der Waals surface area contributed by atoms with Crippen LogP contribution in [0.15, 0.2) is 97.1 Å². The van der Waals surface area contributed by atoms with Crippen molar-refractivity contribution in [2.24, 2.45) is 0 Å². The Labute approximate surface area is 362 Å². The van der Waals surface area contributed by atoms with Crippen molar-refractivity contribution in [1.29, 1.82) is 0 Å². The van der Waals surface area contributed by atoms with Crippen molar-refractivity contribution in [1.82, 2.24) is 50.5 Å². The second-order valence-corrected chi connectivity index (χ2v) is 17.8. The molecule has 4 aromatic carbocycles. The summed E-state index contributed by atoms with van der Waals surface area (Å²) in [5.74, 6) is 3.75. The number of H-pyrrole nitrogens is 4. The van der Waals surface area contributed by atoms with Gasteiger partial charge in [-0.3, -0.25) is 0 Å². The maximum absolute atomic E-state index is 4.94. The number of hydrogen-bond acceptors (Lipinski definition) is 7. The van der Waals surface area contributed by atoms with E-state index >= 15 is 0 Å². The van der Waals surface area contributed by atoms with Crippen LogP contribution in [0, 0.1) is 0 Å². The van der Waals surface area contributed by atoms with Crippen molar-refractivity contribution in [3.63, 3.8) is 0 Å². The Hall–Kier alpha value is -2.36. The molecule has 0 unspecified atom stereocenters. The number of rotatable bonds is 8. The minimum absolute atomic E-state index is 0. The standard InChI is InChI=1S/2C16H15N5.C4H8O.3ClH.4Cr/c2*1-2-6-12-11(5-1)18-15(19-12)9-17-10-16-20-13-7-3-4-8-14(13)21-16;1-2-4-5-3-1;;;;;;;/h2*1-8,17H,9-10H2,(H,18,19)(H,20,21);1-4H2;3*1H;;;;/q;;;;;;;;;+4/p-3. The van der Waals surface area contributed by atoms with Gasteiger partial charge >= 0.3 is 41.5 Å². The summed E-state index contributed by atoms with van der Waals surface area (Å²) >= 11 is -1.62. The Morgan fingerprint density at radius 2 is 0.704 bits per heavy atom. The molecule has 6 N–H and O–H groups in total. The molecular formula is C36H38Cl3Cr4N10O+. The van der Waals surface area contributed by atoms with E-state index < -0.39 is 11.4 Å². The summed E-state index contributed by atoms with van der Waals surface area (Å²) in [4.78, 5) is 31.4. The monoisotopic (exact) mass is 939 g/mol. The molecule has 1 aliphatic heterocycles. The number of benzene rings is 4. The molecule has 0 aliphatic carbocycles. The molecule has 0 amide bonds. The van der Waals surface area contributed by atoms with Gasteiger partial charge in [-0.2, -0.15) is 0 Å². The van der Waals surface area contributed by atoms with Crippen LogP contribution in [0.1, 0.15) is 36.1 Å². The zero-order chi connectivity index (χ0) is 35.3. The fourth-order valence-corrected chi connectivity index (χ4v) is 5.47. The number of nitrogens with zero attached hydrogens (tertiary/aromatic N) is 4. The summed E-state index contributed by atoms with van der Waals surface area (Å²) in [6.07, 6.45) is 2.56. The number of aromatic nitrogens is 8. The average Bonchev–Trinajstić information content (AvgIpc) is 3.97. The minimum atomic E-state index is -1.62. The van der Waals surface area contributed by atoms with E-state index in [9.17, 15) is 0 Å². The normalized spacial score (nSPS) is 11.8. The van der Waals surface area contributed by atoms with Gasteiger partial charge in [-0.1, -0.05) is 48.5 Å². The Morgan fingerprint density at radius 3 is 0.907 bits per heavy atom. The summed E-state index contributed by atoms with van der Waals surface area (Å²) in [6.45, 7) is 4.74. The summed E-state index contributed by atoms with van der Waals surface area (Å²) in [5.41, 5.74) is 8.26. The van der Waals surface area contributed by atoms with E-state index in [4.69, 9.17) is 34.9 Å². The second-order valence-electron chi connectivity index (χ2n) is 11.5. The van der Waals surface area contributed by atoms with Crippen LogP contribution < -0.4 is 10.6 Å². The van der Waals surface area contributed by atoms with Crippen molar-refractivity contribution < 1.29 is 68.2 Å². The maximum Gasteiger partial charge on any atom is 0.121 e. The van der Waals surface area contributed by atoms with E-state index in [1.807, 2.05) is 97.1 Å². The van der Waals surface area contributed by atoms with Gasteiger partial charge in [0.25, 0.3) is 0 Å². The van der Waals surface area contributed by atoms with Crippen LogP contribution in [-0.4, -0.2) is 53.1 Å². The molecule has 0 bridgehead atoms. The molecule has 11 nitrogen and oxygen atoms in total. The summed E-state index contributed by atoms with van der Waals surface area (Å²) in [7, 11) is 14.8. The molecule has 1 aliphatic rings. The molecule has 5 heterocycles. The zero-order valence-electron chi connectivity index (χ0n) is 28.9. The molecule has 0 radical (unpaired) electrons. The van der Waals surface area contributed by atoms with E-state index in [2.05, 4.69) is 50.5 Å². The van der Waals surface area contributed by atoms with Crippen LogP contribution in [0.2, 0.25) is 0 Å².